The predicted octanol–water partition coefficient (Wildman–Crippen LogP) is 3.58. The fourth-order valence-corrected chi connectivity index (χ4v) is 3.74. The Morgan fingerprint density at radius 1 is 1.11 bits per heavy atom. The van der Waals surface area contributed by atoms with Gasteiger partial charge in [-0.3, -0.25) is 4.72 Å². The Balaban J connectivity index is 1.70. The summed E-state index contributed by atoms with van der Waals surface area (Å²) in [6.45, 7) is 0.423. The minimum atomic E-state index is -3.80. The summed E-state index contributed by atoms with van der Waals surface area (Å²) in [5, 5.41) is 6.31. The van der Waals surface area contributed by atoms with Crippen LogP contribution in [-0.2, 0) is 16.6 Å². The van der Waals surface area contributed by atoms with E-state index in [1.807, 2.05) is 6.07 Å². The first-order valence-electron chi connectivity index (χ1n) is 8.31. The number of rotatable bonds is 7. The summed E-state index contributed by atoms with van der Waals surface area (Å²) in [6.07, 6.45) is 1.58. The zero-order valence-electron chi connectivity index (χ0n) is 15.0. The van der Waals surface area contributed by atoms with Crippen LogP contribution in [0.5, 0.6) is 5.75 Å². The van der Waals surface area contributed by atoms with Crippen molar-refractivity contribution in [3.8, 4) is 5.75 Å². The van der Waals surface area contributed by atoms with E-state index in [9.17, 15) is 8.42 Å². The molecule has 3 N–H and O–H groups in total. The number of hydrogen-bond acceptors (Lipinski definition) is 5. The lowest BCUT2D eigenvalue weighted by Crippen LogP contribution is -2.27. The average Bonchev–Trinajstić information content (AvgIpc) is 3.20. The van der Waals surface area contributed by atoms with E-state index in [4.69, 9.17) is 21.4 Å². The van der Waals surface area contributed by atoms with Crippen molar-refractivity contribution in [2.24, 2.45) is 0 Å². The van der Waals surface area contributed by atoms with Crippen LogP contribution in [0.15, 0.2) is 76.2 Å². The molecule has 28 heavy (non-hydrogen) atoms. The SMILES string of the molecule is COc1ccccc1NS(=O)(=O)c1cccc(NC(=S)NCc2ccco2)c1. The summed E-state index contributed by atoms with van der Waals surface area (Å²) in [4.78, 5) is 0.0947. The van der Waals surface area contributed by atoms with Crippen LogP contribution in [0.25, 0.3) is 0 Å². The highest BCUT2D eigenvalue weighted by Gasteiger charge is 2.17. The lowest BCUT2D eigenvalue weighted by atomic mass is 10.3. The van der Waals surface area contributed by atoms with Crippen molar-refractivity contribution in [2.45, 2.75) is 11.4 Å². The molecule has 0 aliphatic carbocycles. The smallest absolute Gasteiger partial charge is 0.262 e. The zero-order valence-corrected chi connectivity index (χ0v) is 16.6. The van der Waals surface area contributed by atoms with Gasteiger partial charge >= 0.3 is 0 Å². The highest BCUT2D eigenvalue weighted by Crippen LogP contribution is 2.26. The maximum absolute atomic E-state index is 12.7. The van der Waals surface area contributed by atoms with Crippen LogP contribution in [0, 0.1) is 0 Å². The molecule has 0 aliphatic rings. The van der Waals surface area contributed by atoms with Crippen LogP contribution in [-0.4, -0.2) is 20.6 Å². The van der Waals surface area contributed by atoms with Crippen LogP contribution in [0.1, 0.15) is 5.76 Å². The number of methoxy groups -OCH3 is 1. The number of ether oxygens (including phenoxy) is 1. The molecule has 1 heterocycles. The van der Waals surface area contributed by atoms with E-state index in [-0.39, 0.29) is 4.90 Å². The number of hydrogen-bond donors (Lipinski definition) is 3. The first-order chi connectivity index (χ1) is 13.5. The van der Waals surface area contributed by atoms with Crippen molar-refractivity contribution in [2.75, 3.05) is 17.1 Å². The quantitative estimate of drug-likeness (QED) is 0.506. The summed E-state index contributed by atoms with van der Waals surface area (Å²) in [7, 11) is -2.32. The molecule has 3 rings (SSSR count). The van der Waals surface area contributed by atoms with Gasteiger partial charge in [0, 0.05) is 5.69 Å². The predicted molar refractivity (Wildman–Crippen MR) is 112 cm³/mol. The minimum absolute atomic E-state index is 0.0947. The van der Waals surface area contributed by atoms with E-state index in [1.54, 1.807) is 48.7 Å². The summed E-state index contributed by atoms with van der Waals surface area (Å²) >= 11 is 5.24. The van der Waals surface area contributed by atoms with Crippen LogP contribution in [0.3, 0.4) is 0 Å². The average molecular weight is 418 g/mol. The van der Waals surface area contributed by atoms with E-state index in [0.717, 1.165) is 5.76 Å². The largest absolute Gasteiger partial charge is 0.495 e. The number of anilines is 2. The summed E-state index contributed by atoms with van der Waals surface area (Å²) in [5.74, 6) is 1.17. The van der Waals surface area contributed by atoms with E-state index < -0.39 is 10.0 Å². The second kappa shape index (κ2) is 8.77. The Hall–Kier alpha value is -3.04. The second-order valence-electron chi connectivity index (χ2n) is 5.72. The van der Waals surface area contributed by atoms with Gasteiger partial charge in [-0.15, -0.1) is 0 Å². The second-order valence-corrected chi connectivity index (χ2v) is 7.81. The van der Waals surface area contributed by atoms with Gasteiger partial charge in [-0.2, -0.15) is 0 Å². The molecule has 0 fully saturated rings. The number of benzene rings is 2. The molecule has 0 saturated heterocycles. The molecule has 2 aromatic carbocycles. The number of thiocarbonyl (C=S) groups is 1. The Kier molecular flexibility index (Phi) is 6.17. The zero-order chi connectivity index (χ0) is 20.0. The molecule has 0 aliphatic heterocycles. The third-order valence-electron chi connectivity index (χ3n) is 3.76. The summed E-state index contributed by atoms with van der Waals surface area (Å²) in [5.41, 5.74) is 0.902. The fourth-order valence-electron chi connectivity index (χ4n) is 2.43. The maximum atomic E-state index is 12.7. The highest BCUT2D eigenvalue weighted by atomic mass is 32.2. The van der Waals surface area contributed by atoms with Crippen LogP contribution in [0.4, 0.5) is 11.4 Å². The Labute approximate surface area is 168 Å². The number of nitrogens with one attached hydrogen (secondary N) is 3. The van der Waals surface area contributed by atoms with E-state index in [1.165, 1.54) is 19.2 Å². The molecule has 0 saturated carbocycles. The first-order valence-corrected chi connectivity index (χ1v) is 10.2. The van der Waals surface area contributed by atoms with Crippen molar-refractivity contribution in [3.63, 3.8) is 0 Å². The van der Waals surface area contributed by atoms with Crippen molar-refractivity contribution >= 4 is 38.7 Å². The first kappa shape index (κ1) is 19.7. The maximum Gasteiger partial charge on any atom is 0.262 e. The fraction of sp³-hybridized carbons (Fsp3) is 0.105. The summed E-state index contributed by atoms with van der Waals surface area (Å²) in [6, 6.07) is 16.8. The molecule has 0 bridgehead atoms. The van der Waals surface area contributed by atoms with Gasteiger partial charge in [0.15, 0.2) is 5.11 Å². The lowest BCUT2D eigenvalue weighted by molar-refractivity contribution is 0.417. The van der Waals surface area contributed by atoms with Gasteiger partial charge < -0.3 is 19.8 Å². The standard InChI is InChI=1S/C19H19N3O4S2/c1-25-18-10-3-2-9-17(18)22-28(23,24)16-8-4-6-14(12-16)21-19(27)20-13-15-7-5-11-26-15/h2-12,22H,13H2,1H3,(H2,20,21,27). The summed E-state index contributed by atoms with van der Waals surface area (Å²) < 4.78 is 38.4. The monoisotopic (exact) mass is 417 g/mol. The van der Waals surface area contributed by atoms with Crippen molar-refractivity contribution in [1.82, 2.24) is 5.32 Å². The van der Waals surface area contributed by atoms with Crippen molar-refractivity contribution < 1.29 is 17.6 Å². The molecule has 3 aromatic rings. The van der Waals surface area contributed by atoms with Gasteiger partial charge in [0.2, 0.25) is 0 Å². The van der Waals surface area contributed by atoms with E-state index in [2.05, 4.69) is 15.4 Å². The molecule has 7 nitrogen and oxygen atoms in total. The Morgan fingerprint density at radius 3 is 2.68 bits per heavy atom. The topological polar surface area (TPSA) is 92.6 Å². The molecule has 146 valence electrons. The minimum Gasteiger partial charge on any atom is -0.495 e. The third kappa shape index (κ3) is 5.02. The van der Waals surface area contributed by atoms with Crippen LogP contribution >= 0.6 is 12.2 Å². The molecular weight excluding hydrogens is 398 g/mol. The van der Waals surface area contributed by atoms with E-state index >= 15 is 0 Å². The molecular formula is C19H19N3O4S2. The molecule has 0 radical (unpaired) electrons. The van der Waals surface area contributed by atoms with Crippen molar-refractivity contribution in [1.29, 1.82) is 0 Å². The molecule has 0 atom stereocenters. The van der Waals surface area contributed by atoms with E-state index in [0.29, 0.717) is 28.8 Å². The molecule has 0 unspecified atom stereocenters. The number of furan rings is 1. The van der Waals surface area contributed by atoms with Gasteiger partial charge in [-0.25, -0.2) is 8.42 Å². The van der Waals surface area contributed by atoms with Crippen LogP contribution < -0.4 is 20.1 Å². The van der Waals surface area contributed by atoms with Crippen LogP contribution in [0.2, 0.25) is 0 Å². The molecule has 0 amide bonds. The Morgan fingerprint density at radius 2 is 1.93 bits per heavy atom. The van der Waals surface area contributed by atoms with Gasteiger partial charge in [0.05, 0.1) is 30.5 Å². The molecule has 1 aromatic heterocycles. The number of para-hydroxylation sites is 2. The molecule has 9 heteroatoms. The normalized spacial score (nSPS) is 10.9. The van der Waals surface area contributed by atoms with Crippen molar-refractivity contribution in [3.05, 3.63) is 72.7 Å². The van der Waals surface area contributed by atoms with Gasteiger partial charge in [-0.1, -0.05) is 18.2 Å². The number of sulfonamides is 1. The lowest BCUT2D eigenvalue weighted by Gasteiger charge is -2.13. The van der Waals surface area contributed by atoms with Gasteiger partial charge in [0.1, 0.15) is 11.5 Å². The highest BCUT2D eigenvalue weighted by molar-refractivity contribution is 7.92. The third-order valence-corrected chi connectivity index (χ3v) is 5.37. The van der Waals surface area contributed by atoms with Gasteiger partial charge in [-0.05, 0) is 54.7 Å². The Bertz CT molecular complexity index is 1050. The van der Waals surface area contributed by atoms with Gasteiger partial charge in [0.25, 0.3) is 10.0 Å². The molecule has 0 spiro atoms.